The van der Waals surface area contributed by atoms with E-state index < -0.39 is 0 Å². The molecule has 2 unspecified atom stereocenters. The summed E-state index contributed by atoms with van der Waals surface area (Å²) in [6.45, 7) is 3.28. The van der Waals surface area contributed by atoms with E-state index in [-0.39, 0.29) is 0 Å². The molecule has 1 aromatic rings. The lowest BCUT2D eigenvalue weighted by molar-refractivity contribution is 0.406. The van der Waals surface area contributed by atoms with Gasteiger partial charge in [-0.05, 0) is 49.4 Å². The molecule has 2 atom stereocenters. The van der Waals surface area contributed by atoms with Crippen molar-refractivity contribution in [2.45, 2.75) is 38.6 Å². The van der Waals surface area contributed by atoms with Gasteiger partial charge in [0.1, 0.15) is 0 Å². The van der Waals surface area contributed by atoms with Gasteiger partial charge in [-0.15, -0.1) is 0 Å². The number of hydrogen-bond acceptors (Lipinski definition) is 1. The fourth-order valence-corrected chi connectivity index (χ4v) is 2.86. The van der Waals surface area contributed by atoms with E-state index in [4.69, 9.17) is 11.6 Å². The van der Waals surface area contributed by atoms with Gasteiger partial charge in [-0.25, -0.2) is 0 Å². The van der Waals surface area contributed by atoms with Crippen LogP contribution in [0.1, 0.15) is 31.7 Å². The van der Waals surface area contributed by atoms with Gasteiger partial charge in [0.25, 0.3) is 0 Å². The van der Waals surface area contributed by atoms with Crippen molar-refractivity contribution in [2.24, 2.45) is 5.92 Å². The Morgan fingerprint density at radius 3 is 2.69 bits per heavy atom. The summed E-state index contributed by atoms with van der Waals surface area (Å²) < 4.78 is 0. The number of rotatable bonds is 4. The highest BCUT2D eigenvalue weighted by molar-refractivity contribution is 6.30. The van der Waals surface area contributed by atoms with Crippen LogP contribution in [0.25, 0.3) is 0 Å². The lowest BCUT2D eigenvalue weighted by Gasteiger charge is -2.20. The second kappa shape index (κ2) is 5.70. The SMILES string of the molecule is CCNC1CCCC1Cc1ccc(Cl)cc1. The lowest BCUT2D eigenvalue weighted by atomic mass is 9.94. The minimum absolute atomic E-state index is 0.723. The highest BCUT2D eigenvalue weighted by Gasteiger charge is 2.26. The van der Waals surface area contributed by atoms with Crippen molar-refractivity contribution < 1.29 is 0 Å². The monoisotopic (exact) mass is 237 g/mol. The van der Waals surface area contributed by atoms with Crippen LogP contribution in [0.5, 0.6) is 0 Å². The number of halogens is 1. The van der Waals surface area contributed by atoms with Crippen LogP contribution in [0, 0.1) is 5.92 Å². The van der Waals surface area contributed by atoms with E-state index in [1.807, 2.05) is 12.1 Å². The Bertz CT molecular complexity index is 320. The molecule has 2 heteroatoms. The van der Waals surface area contributed by atoms with Crippen molar-refractivity contribution in [3.63, 3.8) is 0 Å². The van der Waals surface area contributed by atoms with Gasteiger partial charge in [-0.3, -0.25) is 0 Å². The van der Waals surface area contributed by atoms with E-state index in [1.54, 1.807) is 0 Å². The van der Waals surface area contributed by atoms with Gasteiger partial charge in [-0.1, -0.05) is 37.1 Å². The molecule has 0 heterocycles. The first-order valence-corrected chi connectivity index (χ1v) is 6.65. The molecule has 0 aromatic heterocycles. The number of nitrogens with one attached hydrogen (secondary N) is 1. The van der Waals surface area contributed by atoms with Crippen molar-refractivity contribution in [1.29, 1.82) is 0 Å². The van der Waals surface area contributed by atoms with Crippen LogP contribution >= 0.6 is 11.6 Å². The summed E-state index contributed by atoms with van der Waals surface area (Å²) in [7, 11) is 0. The Hall–Kier alpha value is -0.530. The van der Waals surface area contributed by atoms with Gasteiger partial charge in [0.15, 0.2) is 0 Å². The predicted octanol–water partition coefficient (Wildman–Crippen LogP) is 3.66. The summed E-state index contributed by atoms with van der Waals surface area (Å²) >= 11 is 5.89. The first-order chi connectivity index (χ1) is 7.79. The third-order valence-electron chi connectivity index (χ3n) is 3.54. The van der Waals surface area contributed by atoms with Crippen molar-refractivity contribution >= 4 is 11.6 Å². The number of benzene rings is 1. The average Bonchev–Trinajstić information content (AvgIpc) is 2.70. The number of hydrogen-bond donors (Lipinski definition) is 1. The first-order valence-electron chi connectivity index (χ1n) is 6.27. The van der Waals surface area contributed by atoms with E-state index in [0.29, 0.717) is 0 Å². The van der Waals surface area contributed by atoms with Crippen LogP contribution in [0.4, 0.5) is 0 Å². The Morgan fingerprint density at radius 2 is 2.00 bits per heavy atom. The summed E-state index contributed by atoms with van der Waals surface area (Å²) in [5.41, 5.74) is 1.42. The van der Waals surface area contributed by atoms with Crippen LogP contribution in [-0.2, 0) is 6.42 Å². The van der Waals surface area contributed by atoms with E-state index >= 15 is 0 Å². The molecule has 0 radical (unpaired) electrons. The Labute approximate surface area is 103 Å². The van der Waals surface area contributed by atoms with Crippen molar-refractivity contribution in [3.05, 3.63) is 34.9 Å². The Morgan fingerprint density at radius 1 is 1.25 bits per heavy atom. The van der Waals surface area contributed by atoms with Gasteiger partial charge in [-0.2, -0.15) is 0 Å². The maximum atomic E-state index is 5.89. The van der Waals surface area contributed by atoms with Crippen molar-refractivity contribution in [2.75, 3.05) is 6.54 Å². The molecule has 1 aliphatic carbocycles. The van der Waals surface area contributed by atoms with Crippen LogP contribution < -0.4 is 5.32 Å². The fraction of sp³-hybridized carbons (Fsp3) is 0.571. The van der Waals surface area contributed by atoms with Gasteiger partial charge in [0.05, 0.1) is 0 Å². The summed E-state index contributed by atoms with van der Waals surface area (Å²) in [4.78, 5) is 0. The molecule has 1 aliphatic rings. The molecule has 88 valence electrons. The predicted molar refractivity (Wildman–Crippen MR) is 70.0 cm³/mol. The van der Waals surface area contributed by atoms with Crippen LogP contribution in [-0.4, -0.2) is 12.6 Å². The summed E-state index contributed by atoms with van der Waals surface area (Å²) in [6, 6.07) is 9.02. The fourth-order valence-electron chi connectivity index (χ4n) is 2.74. The normalized spacial score (nSPS) is 24.9. The first kappa shape index (κ1) is 11.9. The quantitative estimate of drug-likeness (QED) is 0.843. The zero-order valence-electron chi connectivity index (χ0n) is 9.88. The summed E-state index contributed by atoms with van der Waals surface area (Å²) in [5, 5.41) is 4.43. The van der Waals surface area contributed by atoms with Crippen LogP contribution in [0.2, 0.25) is 5.02 Å². The molecule has 1 aromatic carbocycles. The largest absolute Gasteiger partial charge is 0.314 e. The molecule has 1 saturated carbocycles. The highest BCUT2D eigenvalue weighted by Crippen LogP contribution is 2.29. The molecule has 0 spiro atoms. The lowest BCUT2D eigenvalue weighted by Crippen LogP contribution is -2.33. The molecular weight excluding hydrogens is 218 g/mol. The van der Waals surface area contributed by atoms with Gasteiger partial charge in [0, 0.05) is 11.1 Å². The maximum absolute atomic E-state index is 5.89. The molecule has 1 nitrogen and oxygen atoms in total. The smallest absolute Gasteiger partial charge is 0.0406 e. The molecule has 16 heavy (non-hydrogen) atoms. The minimum atomic E-state index is 0.723. The molecule has 0 bridgehead atoms. The zero-order valence-corrected chi connectivity index (χ0v) is 10.6. The minimum Gasteiger partial charge on any atom is -0.314 e. The average molecular weight is 238 g/mol. The molecular formula is C14H20ClN. The van der Waals surface area contributed by atoms with Gasteiger partial charge >= 0.3 is 0 Å². The molecule has 2 rings (SSSR count). The third kappa shape index (κ3) is 2.99. The van der Waals surface area contributed by atoms with E-state index in [9.17, 15) is 0 Å². The van der Waals surface area contributed by atoms with Crippen LogP contribution in [0.15, 0.2) is 24.3 Å². The van der Waals surface area contributed by atoms with E-state index in [0.717, 1.165) is 23.5 Å². The second-order valence-electron chi connectivity index (χ2n) is 4.69. The topological polar surface area (TPSA) is 12.0 Å². The van der Waals surface area contributed by atoms with Crippen LogP contribution in [0.3, 0.4) is 0 Å². The van der Waals surface area contributed by atoms with Gasteiger partial charge in [0.2, 0.25) is 0 Å². The Kier molecular flexibility index (Phi) is 4.25. The molecule has 0 amide bonds. The van der Waals surface area contributed by atoms with Crippen molar-refractivity contribution in [1.82, 2.24) is 5.32 Å². The zero-order chi connectivity index (χ0) is 11.4. The van der Waals surface area contributed by atoms with Gasteiger partial charge < -0.3 is 5.32 Å². The van der Waals surface area contributed by atoms with E-state index in [2.05, 4.69) is 24.4 Å². The summed E-state index contributed by atoms with van der Waals surface area (Å²) in [6.07, 6.45) is 5.26. The standard InChI is InChI=1S/C14H20ClN/c1-2-16-14-5-3-4-12(14)10-11-6-8-13(15)9-7-11/h6-9,12,14,16H,2-5,10H2,1H3. The highest BCUT2D eigenvalue weighted by atomic mass is 35.5. The third-order valence-corrected chi connectivity index (χ3v) is 3.79. The summed E-state index contributed by atoms with van der Waals surface area (Å²) in [5.74, 6) is 0.807. The second-order valence-corrected chi connectivity index (χ2v) is 5.12. The maximum Gasteiger partial charge on any atom is 0.0406 e. The molecule has 1 fully saturated rings. The molecule has 1 N–H and O–H groups in total. The molecule has 0 saturated heterocycles. The van der Waals surface area contributed by atoms with E-state index in [1.165, 1.54) is 31.2 Å². The molecule has 0 aliphatic heterocycles. The Balaban J connectivity index is 1.95. The van der Waals surface area contributed by atoms with Crippen molar-refractivity contribution in [3.8, 4) is 0 Å².